The second kappa shape index (κ2) is 6.27. The van der Waals surface area contributed by atoms with E-state index >= 15 is 0 Å². The van der Waals surface area contributed by atoms with Crippen molar-refractivity contribution >= 4 is 22.4 Å². The molecule has 0 aliphatic carbocycles. The predicted molar refractivity (Wildman–Crippen MR) is 69.1 cm³/mol. The predicted octanol–water partition coefficient (Wildman–Crippen LogP) is 0.997. The first-order chi connectivity index (χ1) is 9.19. The minimum atomic E-state index is -1.06. The van der Waals surface area contributed by atoms with E-state index in [1.165, 1.54) is 16.7 Å². The maximum atomic E-state index is 11.8. The number of hydrogen-bond donors (Lipinski definition) is 1. The molecule has 0 unspecified atom stereocenters. The normalized spacial score (nSPS) is 23.4. The molecule has 1 aliphatic heterocycles. The second-order valence-electron chi connectivity index (χ2n) is 4.28. The fourth-order valence-corrected chi connectivity index (χ4v) is 3.03. The van der Waals surface area contributed by atoms with Crippen molar-refractivity contribution in [3.63, 3.8) is 0 Å². The minimum Gasteiger partial charge on any atom is -0.378 e. The van der Waals surface area contributed by atoms with Gasteiger partial charge in [0.15, 0.2) is 10.8 Å². The van der Waals surface area contributed by atoms with Gasteiger partial charge in [0.25, 0.3) is 0 Å². The number of halogens is 1. The van der Waals surface area contributed by atoms with Gasteiger partial charge in [0.2, 0.25) is 0 Å². The molecule has 0 radical (unpaired) electrons. The van der Waals surface area contributed by atoms with Crippen LogP contribution >= 0.6 is 11.3 Å². The lowest BCUT2D eigenvalue weighted by Crippen LogP contribution is -2.52. The first-order valence-corrected chi connectivity index (χ1v) is 6.81. The van der Waals surface area contributed by atoms with Crippen molar-refractivity contribution in [2.75, 3.05) is 32.1 Å². The fraction of sp³-hybridized carbons (Fsp3) is 0.636. The molecule has 1 N–H and O–H groups in total. The van der Waals surface area contributed by atoms with E-state index in [2.05, 4.69) is 15.2 Å². The van der Waals surface area contributed by atoms with Gasteiger partial charge < -0.3 is 15.0 Å². The summed E-state index contributed by atoms with van der Waals surface area (Å²) in [5, 5.41) is 5.38. The van der Waals surface area contributed by atoms with Crippen LogP contribution in [-0.2, 0) is 9.68 Å². The van der Waals surface area contributed by atoms with Gasteiger partial charge in [-0.1, -0.05) is 0 Å². The Labute approximate surface area is 114 Å². The standard InChI is InChI=1S/C11H16FN3O3S/c1-13-7-3-4-15(5-9(7)17-2)11-14-8(6-19-11)10(16)18-12/h6-7,9,13H,3-5H2,1-2H3/t7-,9+/m1/s1. The molecule has 0 spiro atoms. The number of anilines is 1. The summed E-state index contributed by atoms with van der Waals surface area (Å²) in [7, 11) is 3.58. The molecule has 0 amide bonds. The summed E-state index contributed by atoms with van der Waals surface area (Å²) in [6, 6.07) is 0.302. The number of ether oxygens (including phenoxy) is 1. The molecule has 1 fully saturated rings. The summed E-state index contributed by atoms with van der Waals surface area (Å²) >= 11 is 1.29. The lowest BCUT2D eigenvalue weighted by Gasteiger charge is -2.37. The molecule has 2 atom stereocenters. The van der Waals surface area contributed by atoms with Crippen LogP contribution in [0.15, 0.2) is 5.38 Å². The first kappa shape index (κ1) is 14.2. The Morgan fingerprint density at radius 2 is 2.47 bits per heavy atom. The van der Waals surface area contributed by atoms with Crippen molar-refractivity contribution in [1.29, 1.82) is 0 Å². The molecule has 1 aromatic rings. The van der Waals surface area contributed by atoms with Gasteiger partial charge in [-0.3, -0.25) is 0 Å². The average Bonchev–Trinajstić information content (AvgIpc) is 2.95. The Kier molecular flexibility index (Phi) is 4.67. The van der Waals surface area contributed by atoms with E-state index in [4.69, 9.17) is 4.74 Å². The highest BCUT2D eigenvalue weighted by Gasteiger charge is 2.29. The monoisotopic (exact) mass is 289 g/mol. The number of rotatable bonds is 4. The van der Waals surface area contributed by atoms with E-state index in [1.54, 1.807) is 7.11 Å². The SMILES string of the molecule is CN[C@@H]1CCN(c2nc(C(=O)OF)cs2)C[C@@H]1OC. The number of likely N-dealkylation sites (N-methyl/N-ethyl adjacent to an activating group) is 1. The van der Waals surface area contributed by atoms with Gasteiger partial charge in [0.1, 0.15) is 0 Å². The third-order valence-electron chi connectivity index (χ3n) is 3.27. The van der Waals surface area contributed by atoms with Crippen LogP contribution in [0.4, 0.5) is 9.66 Å². The Hall–Kier alpha value is -1.25. The minimum absolute atomic E-state index is 0.00722. The van der Waals surface area contributed by atoms with Gasteiger partial charge >= 0.3 is 5.97 Å². The van der Waals surface area contributed by atoms with Gasteiger partial charge in [-0.05, 0) is 13.5 Å². The Morgan fingerprint density at radius 3 is 3.11 bits per heavy atom. The molecule has 0 bridgehead atoms. The number of carbonyl (C=O) groups excluding carboxylic acids is 1. The third kappa shape index (κ3) is 3.02. The number of nitrogens with one attached hydrogen (secondary N) is 1. The molecule has 106 valence electrons. The second-order valence-corrected chi connectivity index (χ2v) is 5.12. The Balaban J connectivity index is 2.06. The maximum Gasteiger partial charge on any atom is 0.398 e. The van der Waals surface area contributed by atoms with Crippen molar-refractivity contribution in [3.05, 3.63) is 11.1 Å². The molecule has 0 aromatic carbocycles. The number of carbonyl (C=O) groups is 1. The fourth-order valence-electron chi connectivity index (χ4n) is 2.20. The molecule has 6 nitrogen and oxygen atoms in total. The highest BCUT2D eigenvalue weighted by atomic mass is 32.1. The van der Waals surface area contributed by atoms with Crippen molar-refractivity contribution in [2.24, 2.45) is 0 Å². The molecule has 2 heterocycles. The van der Waals surface area contributed by atoms with Gasteiger partial charge in [-0.25, -0.2) is 14.7 Å². The molecule has 1 saturated heterocycles. The third-order valence-corrected chi connectivity index (χ3v) is 4.18. The van der Waals surface area contributed by atoms with Crippen LogP contribution in [0.25, 0.3) is 0 Å². The largest absolute Gasteiger partial charge is 0.398 e. The van der Waals surface area contributed by atoms with E-state index in [9.17, 15) is 9.32 Å². The van der Waals surface area contributed by atoms with Crippen LogP contribution in [0.3, 0.4) is 0 Å². The highest BCUT2D eigenvalue weighted by Crippen LogP contribution is 2.25. The Bertz CT molecular complexity index is 443. The van der Waals surface area contributed by atoms with Gasteiger partial charge in [0.05, 0.1) is 6.10 Å². The van der Waals surface area contributed by atoms with Crippen molar-refractivity contribution < 1.29 is 19.0 Å². The van der Waals surface area contributed by atoms with E-state index in [-0.39, 0.29) is 11.8 Å². The number of nitrogens with zero attached hydrogens (tertiary/aromatic N) is 2. The average molecular weight is 289 g/mol. The smallest absolute Gasteiger partial charge is 0.378 e. The van der Waals surface area contributed by atoms with Crippen LogP contribution in [0.5, 0.6) is 0 Å². The molecule has 8 heteroatoms. The maximum absolute atomic E-state index is 11.8. The lowest BCUT2D eigenvalue weighted by atomic mass is 10.0. The molecule has 19 heavy (non-hydrogen) atoms. The van der Waals surface area contributed by atoms with Crippen molar-refractivity contribution in [3.8, 4) is 0 Å². The van der Waals surface area contributed by atoms with E-state index in [0.29, 0.717) is 17.7 Å². The topological polar surface area (TPSA) is 63.7 Å². The number of aromatic nitrogens is 1. The Morgan fingerprint density at radius 1 is 1.68 bits per heavy atom. The molecule has 0 saturated carbocycles. The van der Waals surface area contributed by atoms with Crippen LogP contribution < -0.4 is 10.2 Å². The summed E-state index contributed by atoms with van der Waals surface area (Å²) in [5.74, 6) is -1.06. The molecule has 2 rings (SSSR count). The van der Waals surface area contributed by atoms with E-state index in [0.717, 1.165) is 13.0 Å². The number of hydrogen-bond acceptors (Lipinski definition) is 7. The van der Waals surface area contributed by atoms with Gasteiger partial charge in [0, 0.05) is 36.1 Å². The van der Waals surface area contributed by atoms with Crippen LogP contribution in [0, 0.1) is 0 Å². The summed E-state index contributed by atoms with van der Waals surface area (Å²) in [6.07, 6.45) is 0.969. The van der Waals surface area contributed by atoms with E-state index < -0.39 is 5.97 Å². The quantitative estimate of drug-likeness (QED) is 0.892. The molecular formula is C11H16FN3O3S. The summed E-state index contributed by atoms with van der Waals surface area (Å²) < 4.78 is 17.3. The highest BCUT2D eigenvalue weighted by molar-refractivity contribution is 7.13. The van der Waals surface area contributed by atoms with E-state index in [1.807, 2.05) is 11.9 Å². The zero-order valence-corrected chi connectivity index (χ0v) is 11.6. The lowest BCUT2D eigenvalue weighted by molar-refractivity contribution is -0.0792. The van der Waals surface area contributed by atoms with Gasteiger partial charge in [-0.2, -0.15) is 0 Å². The molecular weight excluding hydrogens is 273 g/mol. The van der Waals surface area contributed by atoms with Crippen molar-refractivity contribution in [2.45, 2.75) is 18.6 Å². The van der Waals surface area contributed by atoms with Crippen molar-refractivity contribution in [1.82, 2.24) is 10.3 Å². The summed E-state index contributed by atoms with van der Waals surface area (Å²) in [5.41, 5.74) is -0.00722. The summed E-state index contributed by atoms with van der Waals surface area (Å²) in [4.78, 5) is 20.3. The van der Waals surface area contributed by atoms with Crippen LogP contribution in [0.2, 0.25) is 0 Å². The van der Waals surface area contributed by atoms with Gasteiger partial charge in [-0.15, -0.1) is 11.3 Å². The summed E-state index contributed by atoms with van der Waals surface area (Å²) in [6.45, 7) is 1.49. The number of methoxy groups -OCH3 is 1. The number of thiazole rings is 1. The van der Waals surface area contributed by atoms with Crippen LogP contribution in [-0.4, -0.2) is 50.3 Å². The zero-order chi connectivity index (χ0) is 13.8. The first-order valence-electron chi connectivity index (χ1n) is 5.93. The zero-order valence-electron chi connectivity index (χ0n) is 10.8. The molecule has 1 aromatic heterocycles. The van der Waals surface area contributed by atoms with Crippen LogP contribution in [0.1, 0.15) is 16.9 Å². The molecule has 1 aliphatic rings. The number of piperidine rings is 1.